The summed E-state index contributed by atoms with van der Waals surface area (Å²) in [6.07, 6.45) is 3.57. The highest BCUT2D eigenvalue weighted by molar-refractivity contribution is 5.85. The molecule has 4 atom stereocenters. The second kappa shape index (κ2) is 4.53. The molecule has 0 spiro atoms. The zero-order valence-electron chi connectivity index (χ0n) is 10.8. The SMILES string of the molecule is CC1CC1N1CC(NC(=O)C2CCCN2)CC1=O. The van der Waals surface area contributed by atoms with Crippen LogP contribution in [0, 0.1) is 5.92 Å². The monoisotopic (exact) mass is 251 g/mol. The summed E-state index contributed by atoms with van der Waals surface area (Å²) in [4.78, 5) is 25.8. The third-order valence-electron chi connectivity index (χ3n) is 4.35. The predicted molar refractivity (Wildman–Crippen MR) is 66.9 cm³/mol. The highest BCUT2D eigenvalue weighted by atomic mass is 16.2. The van der Waals surface area contributed by atoms with E-state index in [1.807, 2.05) is 4.90 Å². The fourth-order valence-electron chi connectivity index (χ4n) is 3.10. The van der Waals surface area contributed by atoms with Gasteiger partial charge in [-0.2, -0.15) is 0 Å². The number of carbonyl (C=O) groups excluding carboxylic acids is 2. The third-order valence-corrected chi connectivity index (χ3v) is 4.35. The lowest BCUT2D eigenvalue weighted by Gasteiger charge is -2.18. The molecular formula is C13H21N3O2. The van der Waals surface area contributed by atoms with Gasteiger partial charge >= 0.3 is 0 Å². The summed E-state index contributed by atoms with van der Waals surface area (Å²) in [6.45, 7) is 3.80. The Balaban J connectivity index is 1.52. The molecule has 2 amide bonds. The van der Waals surface area contributed by atoms with Gasteiger partial charge < -0.3 is 15.5 Å². The highest BCUT2D eigenvalue weighted by Crippen LogP contribution is 2.37. The van der Waals surface area contributed by atoms with Crippen LogP contribution in [0.4, 0.5) is 0 Å². The van der Waals surface area contributed by atoms with E-state index < -0.39 is 0 Å². The molecule has 2 aliphatic heterocycles. The minimum atomic E-state index is -0.0472. The number of nitrogens with one attached hydrogen (secondary N) is 2. The zero-order valence-corrected chi connectivity index (χ0v) is 10.8. The molecule has 2 heterocycles. The van der Waals surface area contributed by atoms with E-state index in [-0.39, 0.29) is 23.9 Å². The van der Waals surface area contributed by atoms with Crippen molar-refractivity contribution in [1.29, 1.82) is 0 Å². The fraction of sp³-hybridized carbons (Fsp3) is 0.846. The molecule has 3 aliphatic rings. The Bertz CT molecular complexity index is 365. The lowest BCUT2D eigenvalue weighted by Crippen LogP contribution is -2.46. The van der Waals surface area contributed by atoms with Gasteiger partial charge in [-0.25, -0.2) is 0 Å². The molecule has 0 bridgehead atoms. The molecule has 1 aliphatic carbocycles. The number of hydrogen-bond donors (Lipinski definition) is 2. The first-order valence-corrected chi connectivity index (χ1v) is 6.98. The van der Waals surface area contributed by atoms with Gasteiger partial charge in [-0.3, -0.25) is 9.59 Å². The average Bonchev–Trinajstić information content (AvgIpc) is 2.80. The Morgan fingerprint density at radius 2 is 2.28 bits per heavy atom. The van der Waals surface area contributed by atoms with Crippen LogP contribution >= 0.6 is 0 Å². The van der Waals surface area contributed by atoms with Crippen LogP contribution < -0.4 is 10.6 Å². The van der Waals surface area contributed by atoms with Crippen LogP contribution in [0.2, 0.25) is 0 Å². The predicted octanol–water partition coefficient (Wildman–Crippen LogP) is -0.136. The van der Waals surface area contributed by atoms with Crippen molar-refractivity contribution in [3.05, 3.63) is 0 Å². The van der Waals surface area contributed by atoms with Crippen molar-refractivity contribution in [1.82, 2.24) is 15.5 Å². The Hall–Kier alpha value is -1.10. The van der Waals surface area contributed by atoms with Crippen LogP contribution in [-0.2, 0) is 9.59 Å². The first-order valence-electron chi connectivity index (χ1n) is 6.98. The van der Waals surface area contributed by atoms with Gasteiger partial charge in [0, 0.05) is 19.0 Å². The molecule has 0 aromatic heterocycles. The molecule has 3 fully saturated rings. The van der Waals surface area contributed by atoms with Crippen LogP contribution in [0.25, 0.3) is 0 Å². The summed E-state index contributed by atoms with van der Waals surface area (Å²) in [5, 5.41) is 6.20. The Labute approximate surface area is 107 Å². The van der Waals surface area contributed by atoms with Crippen molar-refractivity contribution < 1.29 is 9.59 Å². The summed E-state index contributed by atoms with van der Waals surface area (Å²) >= 11 is 0. The van der Waals surface area contributed by atoms with E-state index in [2.05, 4.69) is 17.6 Å². The van der Waals surface area contributed by atoms with Gasteiger partial charge in [-0.15, -0.1) is 0 Å². The van der Waals surface area contributed by atoms with Crippen molar-refractivity contribution in [3.63, 3.8) is 0 Å². The lowest BCUT2D eigenvalue weighted by molar-refractivity contribution is -0.128. The van der Waals surface area contributed by atoms with Crippen molar-refractivity contribution in [2.24, 2.45) is 5.92 Å². The highest BCUT2D eigenvalue weighted by Gasteiger charge is 2.45. The smallest absolute Gasteiger partial charge is 0.237 e. The Morgan fingerprint density at radius 1 is 1.50 bits per heavy atom. The van der Waals surface area contributed by atoms with Gasteiger partial charge in [-0.05, 0) is 31.7 Å². The molecule has 18 heavy (non-hydrogen) atoms. The van der Waals surface area contributed by atoms with E-state index in [4.69, 9.17) is 0 Å². The maximum Gasteiger partial charge on any atom is 0.237 e. The third kappa shape index (κ3) is 2.23. The molecule has 0 aromatic rings. The van der Waals surface area contributed by atoms with Gasteiger partial charge in [0.25, 0.3) is 0 Å². The van der Waals surface area contributed by atoms with E-state index in [0.717, 1.165) is 25.8 Å². The van der Waals surface area contributed by atoms with Gasteiger partial charge in [-0.1, -0.05) is 6.92 Å². The topological polar surface area (TPSA) is 61.4 Å². The fourth-order valence-corrected chi connectivity index (χ4v) is 3.10. The van der Waals surface area contributed by atoms with E-state index in [0.29, 0.717) is 24.9 Å². The van der Waals surface area contributed by atoms with Crippen LogP contribution in [0.5, 0.6) is 0 Å². The van der Waals surface area contributed by atoms with Crippen molar-refractivity contribution in [2.45, 2.75) is 50.7 Å². The van der Waals surface area contributed by atoms with E-state index in [9.17, 15) is 9.59 Å². The second-order valence-corrected chi connectivity index (χ2v) is 5.89. The second-order valence-electron chi connectivity index (χ2n) is 5.89. The van der Waals surface area contributed by atoms with Crippen molar-refractivity contribution in [3.8, 4) is 0 Å². The number of likely N-dealkylation sites (tertiary alicyclic amines) is 1. The Kier molecular flexibility index (Phi) is 3.01. The largest absolute Gasteiger partial charge is 0.350 e. The maximum atomic E-state index is 12.0. The van der Waals surface area contributed by atoms with Crippen molar-refractivity contribution >= 4 is 11.8 Å². The quantitative estimate of drug-likeness (QED) is 0.734. The minimum absolute atomic E-state index is 0.0141. The molecule has 2 N–H and O–H groups in total. The summed E-state index contributed by atoms with van der Waals surface area (Å²) in [5.74, 6) is 0.907. The van der Waals surface area contributed by atoms with E-state index in [1.165, 1.54) is 0 Å². The molecule has 3 rings (SSSR count). The van der Waals surface area contributed by atoms with Gasteiger partial charge in [0.2, 0.25) is 11.8 Å². The van der Waals surface area contributed by atoms with Crippen molar-refractivity contribution in [2.75, 3.05) is 13.1 Å². The molecule has 1 saturated carbocycles. The van der Waals surface area contributed by atoms with Gasteiger partial charge in [0.05, 0.1) is 12.1 Å². The molecule has 0 aromatic carbocycles. The molecule has 4 unspecified atom stereocenters. The zero-order chi connectivity index (χ0) is 12.7. The van der Waals surface area contributed by atoms with E-state index >= 15 is 0 Å². The van der Waals surface area contributed by atoms with Gasteiger partial charge in [0.15, 0.2) is 0 Å². The summed E-state index contributed by atoms with van der Waals surface area (Å²) < 4.78 is 0. The summed E-state index contributed by atoms with van der Waals surface area (Å²) in [6, 6.07) is 0.401. The lowest BCUT2D eigenvalue weighted by atomic mass is 10.2. The standard InChI is InChI=1S/C13H21N3O2/c1-8-5-11(8)16-7-9(6-12(16)17)15-13(18)10-3-2-4-14-10/h8-11,14H,2-7H2,1H3,(H,15,18). The molecule has 5 nitrogen and oxygen atoms in total. The van der Waals surface area contributed by atoms with Crippen LogP contribution in [0.15, 0.2) is 0 Å². The van der Waals surface area contributed by atoms with Crippen LogP contribution in [0.1, 0.15) is 32.6 Å². The molecular weight excluding hydrogens is 230 g/mol. The van der Waals surface area contributed by atoms with Gasteiger partial charge in [0.1, 0.15) is 0 Å². The van der Waals surface area contributed by atoms with Crippen LogP contribution in [-0.4, -0.2) is 47.9 Å². The molecule has 0 radical (unpaired) electrons. The first kappa shape index (κ1) is 12.0. The number of amides is 2. The maximum absolute atomic E-state index is 12.0. The van der Waals surface area contributed by atoms with Crippen LogP contribution in [0.3, 0.4) is 0 Å². The summed E-state index contributed by atoms with van der Waals surface area (Å²) in [7, 11) is 0. The average molecular weight is 251 g/mol. The molecule has 2 saturated heterocycles. The number of nitrogens with zero attached hydrogens (tertiary/aromatic N) is 1. The number of rotatable bonds is 3. The molecule has 5 heteroatoms. The normalized spacial score (nSPS) is 39.2. The number of carbonyl (C=O) groups is 2. The first-order chi connectivity index (χ1) is 8.65. The summed E-state index contributed by atoms with van der Waals surface area (Å²) in [5.41, 5.74) is 0. The molecule has 100 valence electrons. The number of hydrogen-bond acceptors (Lipinski definition) is 3. The minimum Gasteiger partial charge on any atom is -0.350 e. The van der Waals surface area contributed by atoms with E-state index in [1.54, 1.807) is 0 Å². The Morgan fingerprint density at radius 3 is 2.89 bits per heavy atom.